The third-order valence-corrected chi connectivity index (χ3v) is 12.9. The van der Waals surface area contributed by atoms with Crippen molar-refractivity contribution in [2.45, 2.75) is 297 Å². The molecule has 0 N–H and O–H groups in total. The maximum Gasteiger partial charge on any atom is 0.306 e. The summed E-state index contributed by atoms with van der Waals surface area (Å²) in [6, 6.07) is 0. The molecule has 0 spiro atoms. The number of unbranched alkanes of at least 4 members (excludes halogenated alkanes) is 29. The first-order valence-corrected chi connectivity index (χ1v) is 30.1. The van der Waals surface area contributed by atoms with Crippen LogP contribution in [-0.2, 0) is 28.6 Å². The number of hydrogen-bond donors (Lipinski definition) is 0. The first-order valence-electron chi connectivity index (χ1n) is 30.1. The molecule has 0 heterocycles. The lowest BCUT2D eigenvalue weighted by molar-refractivity contribution is -0.167. The van der Waals surface area contributed by atoms with Crippen LogP contribution in [0, 0.1) is 0 Å². The number of carbonyl (C=O) groups excluding carboxylic acids is 3. The molecule has 1 unspecified atom stereocenters. The van der Waals surface area contributed by atoms with Gasteiger partial charge in [-0.05, 0) is 116 Å². The molecule has 408 valence electrons. The van der Waals surface area contributed by atoms with E-state index >= 15 is 0 Å². The van der Waals surface area contributed by atoms with Crippen molar-refractivity contribution in [2.75, 3.05) is 13.2 Å². The highest BCUT2D eigenvalue weighted by Crippen LogP contribution is 2.15. The van der Waals surface area contributed by atoms with E-state index in [0.29, 0.717) is 19.3 Å². The van der Waals surface area contributed by atoms with Crippen LogP contribution in [0.3, 0.4) is 0 Å². The summed E-state index contributed by atoms with van der Waals surface area (Å²) in [5, 5.41) is 0. The Morgan fingerprint density at radius 2 is 0.549 bits per heavy atom. The smallest absolute Gasteiger partial charge is 0.306 e. The average Bonchev–Trinajstić information content (AvgIpc) is 3.37. The van der Waals surface area contributed by atoms with Gasteiger partial charge in [0.15, 0.2) is 6.10 Å². The van der Waals surface area contributed by atoms with E-state index in [9.17, 15) is 14.4 Å². The van der Waals surface area contributed by atoms with Crippen molar-refractivity contribution >= 4 is 17.9 Å². The number of rotatable bonds is 54. The van der Waals surface area contributed by atoms with Gasteiger partial charge < -0.3 is 14.2 Å². The van der Waals surface area contributed by atoms with E-state index in [-0.39, 0.29) is 31.1 Å². The molecular formula is C65H112O6. The molecule has 0 aliphatic heterocycles. The minimum absolute atomic E-state index is 0.0844. The zero-order valence-corrected chi connectivity index (χ0v) is 46.7. The zero-order chi connectivity index (χ0) is 51.4. The highest BCUT2D eigenvalue weighted by atomic mass is 16.6. The average molecular weight is 990 g/mol. The van der Waals surface area contributed by atoms with Crippen molar-refractivity contribution in [1.82, 2.24) is 0 Å². The molecule has 0 radical (unpaired) electrons. The summed E-state index contributed by atoms with van der Waals surface area (Å²) in [5.41, 5.74) is 0. The fourth-order valence-electron chi connectivity index (χ4n) is 8.34. The molecule has 0 saturated carbocycles. The van der Waals surface area contributed by atoms with Gasteiger partial charge in [-0.3, -0.25) is 14.4 Å². The fourth-order valence-corrected chi connectivity index (χ4v) is 8.34. The predicted octanol–water partition coefficient (Wildman–Crippen LogP) is 20.3. The summed E-state index contributed by atoms with van der Waals surface area (Å²) in [4.78, 5) is 38.2. The Morgan fingerprint density at radius 1 is 0.296 bits per heavy atom. The van der Waals surface area contributed by atoms with Gasteiger partial charge in [-0.15, -0.1) is 0 Å². The molecule has 0 rings (SSSR count). The lowest BCUT2D eigenvalue weighted by Crippen LogP contribution is -2.30. The molecule has 1 atom stereocenters. The standard InChI is InChI=1S/C65H112O6/c1-4-7-10-13-16-19-22-25-27-29-31-32-34-35-37-40-43-46-49-52-55-58-64(67)70-61-62(60-69-63(66)57-54-51-48-45-42-39-24-21-18-15-12-9-6-3)71-65(68)59-56-53-50-47-44-41-38-36-33-30-28-26-23-20-17-14-11-8-5-2/h7,10,16-17,19-21,24-28,31-32,62H,4-6,8-9,11-15,18,22-23,29-30,33-61H2,1-3H3/b10-7-,19-16-,20-17-,24-21-,27-25-,28-26-,32-31-. The third-order valence-electron chi connectivity index (χ3n) is 12.9. The maximum absolute atomic E-state index is 12.9. The molecule has 0 saturated heterocycles. The largest absolute Gasteiger partial charge is 0.462 e. The summed E-state index contributed by atoms with van der Waals surface area (Å²) in [5.74, 6) is -0.897. The molecule has 0 aromatic carbocycles. The first-order chi connectivity index (χ1) is 35.0. The Morgan fingerprint density at radius 3 is 0.901 bits per heavy atom. The Kier molecular flexibility index (Phi) is 56.3. The first kappa shape index (κ1) is 67.6. The van der Waals surface area contributed by atoms with Crippen LogP contribution >= 0.6 is 0 Å². The SMILES string of the molecule is CC/C=C\C/C=C\C/C=C\C/C=C\CCCCCCCCCCC(=O)OCC(COC(=O)CCCCCCC/C=C\CCCCCC)OC(=O)CCCCCCCCCCC/C=C\C/C=C\CCCCC. The quantitative estimate of drug-likeness (QED) is 0.0261. The molecule has 6 heteroatoms. The normalized spacial score (nSPS) is 12.7. The van der Waals surface area contributed by atoms with E-state index in [2.05, 4.69) is 106 Å². The number of hydrogen-bond acceptors (Lipinski definition) is 6. The van der Waals surface area contributed by atoms with E-state index in [0.717, 1.165) is 103 Å². The number of carbonyl (C=O) groups is 3. The van der Waals surface area contributed by atoms with E-state index in [4.69, 9.17) is 14.2 Å². The number of allylic oxidation sites excluding steroid dienone is 14. The second kappa shape index (κ2) is 59.2. The molecule has 0 aromatic heterocycles. The Labute approximate surface area is 439 Å². The van der Waals surface area contributed by atoms with Gasteiger partial charge >= 0.3 is 17.9 Å². The summed E-state index contributed by atoms with van der Waals surface area (Å²) in [7, 11) is 0. The zero-order valence-electron chi connectivity index (χ0n) is 46.7. The lowest BCUT2D eigenvalue weighted by atomic mass is 10.1. The van der Waals surface area contributed by atoms with E-state index in [1.54, 1.807) is 0 Å². The Balaban J connectivity index is 4.37. The molecule has 0 bridgehead atoms. The number of ether oxygens (including phenoxy) is 3. The van der Waals surface area contributed by atoms with Gasteiger partial charge in [0.2, 0.25) is 0 Å². The van der Waals surface area contributed by atoms with Crippen molar-refractivity contribution in [1.29, 1.82) is 0 Å². The molecule has 71 heavy (non-hydrogen) atoms. The molecule has 0 aliphatic carbocycles. The predicted molar refractivity (Wildman–Crippen MR) is 307 cm³/mol. The molecule has 0 aliphatic rings. The fraction of sp³-hybridized carbons (Fsp3) is 0.738. The summed E-state index contributed by atoms with van der Waals surface area (Å²) in [6.07, 6.45) is 77.1. The van der Waals surface area contributed by atoms with Gasteiger partial charge in [-0.25, -0.2) is 0 Å². The van der Waals surface area contributed by atoms with Crippen LogP contribution in [0.5, 0.6) is 0 Å². The molecular weight excluding hydrogens is 877 g/mol. The summed E-state index contributed by atoms with van der Waals surface area (Å²) in [6.45, 7) is 6.49. The second-order valence-electron chi connectivity index (χ2n) is 19.9. The van der Waals surface area contributed by atoms with Gasteiger partial charge in [0.1, 0.15) is 13.2 Å². The highest BCUT2D eigenvalue weighted by Gasteiger charge is 2.19. The van der Waals surface area contributed by atoms with Crippen molar-refractivity contribution in [3.8, 4) is 0 Å². The van der Waals surface area contributed by atoms with Crippen molar-refractivity contribution in [3.05, 3.63) is 85.1 Å². The maximum atomic E-state index is 12.9. The van der Waals surface area contributed by atoms with Crippen molar-refractivity contribution in [3.63, 3.8) is 0 Å². The summed E-state index contributed by atoms with van der Waals surface area (Å²) < 4.78 is 16.9. The van der Waals surface area contributed by atoms with E-state index in [1.165, 1.54) is 148 Å². The van der Waals surface area contributed by atoms with Crippen LogP contribution in [0.25, 0.3) is 0 Å². The Bertz CT molecular complexity index is 1370. The van der Waals surface area contributed by atoms with E-state index < -0.39 is 6.10 Å². The lowest BCUT2D eigenvalue weighted by Gasteiger charge is -2.18. The highest BCUT2D eigenvalue weighted by molar-refractivity contribution is 5.71. The molecule has 0 fully saturated rings. The van der Waals surface area contributed by atoms with Gasteiger partial charge in [-0.2, -0.15) is 0 Å². The van der Waals surface area contributed by atoms with Crippen LogP contribution in [0.4, 0.5) is 0 Å². The van der Waals surface area contributed by atoms with Crippen molar-refractivity contribution in [2.24, 2.45) is 0 Å². The van der Waals surface area contributed by atoms with Crippen LogP contribution in [0.2, 0.25) is 0 Å². The van der Waals surface area contributed by atoms with Crippen molar-refractivity contribution < 1.29 is 28.6 Å². The van der Waals surface area contributed by atoms with Gasteiger partial charge in [0.25, 0.3) is 0 Å². The molecule has 0 amide bonds. The van der Waals surface area contributed by atoms with Crippen LogP contribution in [-0.4, -0.2) is 37.2 Å². The number of esters is 3. The van der Waals surface area contributed by atoms with Crippen LogP contribution < -0.4 is 0 Å². The van der Waals surface area contributed by atoms with Crippen LogP contribution in [0.1, 0.15) is 290 Å². The third kappa shape index (κ3) is 57.4. The summed E-state index contributed by atoms with van der Waals surface area (Å²) >= 11 is 0. The minimum Gasteiger partial charge on any atom is -0.462 e. The molecule has 6 nitrogen and oxygen atoms in total. The van der Waals surface area contributed by atoms with Gasteiger partial charge in [0.05, 0.1) is 0 Å². The topological polar surface area (TPSA) is 78.9 Å². The monoisotopic (exact) mass is 989 g/mol. The minimum atomic E-state index is -0.786. The van der Waals surface area contributed by atoms with Gasteiger partial charge in [0, 0.05) is 19.3 Å². The van der Waals surface area contributed by atoms with Crippen LogP contribution in [0.15, 0.2) is 85.1 Å². The van der Waals surface area contributed by atoms with Gasteiger partial charge in [-0.1, -0.05) is 241 Å². The molecule has 0 aromatic rings. The second-order valence-corrected chi connectivity index (χ2v) is 19.9. The Hall–Kier alpha value is -3.41. The van der Waals surface area contributed by atoms with E-state index in [1.807, 2.05) is 0 Å².